The molecule has 0 unspecified atom stereocenters. The minimum atomic E-state index is -0.187. The van der Waals surface area contributed by atoms with E-state index in [0.717, 1.165) is 42.9 Å². The highest BCUT2D eigenvalue weighted by atomic mass is 32.1. The van der Waals surface area contributed by atoms with Gasteiger partial charge in [-0.2, -0.15) is 4.68 Å². The van der Waals surface area contributed by atoms with E-state index in [1.165, 1.54) is 28.0 Å². The van der Waals surface area contributed by atoms with Gasteiger partial charge in [0.1, 0.15) is 0 Å². The highest BCUT2D eigenvalue weighted by Crippen LogP contribution is 2.24. The Balaban J connectivity index is 1.58. The third-order valence-electron chi connectivity index (χ3n) is 5.26. The van der Waals surface area contributed by atoms with E-state index in [9.17, 15) is 9.59 Å². The molecular weight excluding hydrogens is 372 g/mol. The molecule has 1 aliphatic heterocycles. The molecule has 28 heavy (non-hydrogen) atoms. The van der Waals surface area contributed by atoms with Gasteiger partial charge in [-0.05, 0) is 33.1 Å². The van der Waals surface area contributed by atoms with Crippen LogP contribution in [0.2, 0.25) is 0 Å². The topological polar surface area (TPSA) is 71.0 Å². The molecule has 1 aromatic carbocycles. The van der Waals surface area contributed by atoms with Gasteiger partial charge >= 0.3 is 0 Å². The number of nitrogens with zero attached hydrogens (tertiary/aromatic N) is 3. The van der Waals surface area contributed by atoms with Gasteiger partial charge in [-0.15, -0.1) is 11.3 Å². The number of rotatable bonds is 4. The van der Waals surface area contributed by atoms with Crippen molar-refractivity contribution in [3.8, 4) is 16.4 Å². The maximum Gasteiger partial charge on any atom is 0.277 e. The summed E-state index contributed by atoms with van der Waals surface area (Å²) in [5.74, 6) is 0.0329. The number of carbonyl (C=O) groups excluding carboxylic acids is 1. The third-order valence-corrected chi connectivity index (χ3v) is 6.09. The zero-order valence-corrected chi connectivity index (χ0v) is 17.0. The van der Waals surface area contributed by atoms with Gasteiger partial charge in [-0.3, -0.25) is 14.7 Å². The molecule has 0 bridgehead atoms. The Labute approximate surface area is 167 Å². The summed E-state index contributed by atoms with van der Waals surface area (Å²) in [5.41, 5.74) is 4.12. The predicted octanol–water partition coefficient (Wildman–Crippen LogP) is 3.46. The summed E-state index contributed by atoms with van der Waals surface area (Å²) in [6.45, 7) is 5.47. The number of aromatic amines is 1. The zero-order valence-electron chi connectivity index (χ0n) is 16.2. The molecule has 7 heteroatoms. The van der Waals surface area contributed by atoms with Crippen molar-refractivity contribution < 1.29 is 4.79 Å². The van der Waals surface area contributed by atoms with Crippen LogP contribution in [-0.4, -0.2) is 38.7 Å². The van der Waals surface area contributed by atoms with Crippen LogP contribution in [0.15, 0.2) is 34.4 Å². The fraction of sp³-hybridized carbons (Fsp3) is 0.381. The molecule has 3 aromatic rings. The van der Waals surface area contributed by atoms with Gasteiger partial charge in [0.25, 0.3) is 5.56 Å². The SMILES string of the molecule is Cc1ccc(-c2csc(-n3[nH]c(C)c(CC(=O)N4CCCCC4)c3=O)n2)cc1. The monoisotopic (exact) mass is 396 g/mol. The first kappa shape index (κ1) is 18.7. The van der Waals surface area contributed by atoms with Crippen molar-refractivity contribution in [1.82, 2.24) is 19.7 Å². The lowest BCUT2D eigenvalue weighted by atomic mass is 10.1. The Morgan fingerprint density at radius 2 is 1.86 bits per heavy atom. The second kappa shape index (κ2) is 7.75. The molecule has 6 nitrogen and oxygen atoms in total. The molecule has 1 aliphatic rings. The molecule has 146 valence electrons. The van der Waals surface area contributed by atoms with E-state index in [1.807, 2.05) is 48.4 Å². The standard InChI is InChI=1S/C21H24N4O2S/c1-14-6-8-16(9-7-14)18-13-28-21(22-18)25-20(27)17(15(2)23-25)12-19(26)24-10-4-3-5-11-24/h6-9,13,23H,3-5,10-12H2,1-2H3. The number of nitrogens with one attached hydrogen (secondary N) is 1. The van der Waals surface area contributed by atoms with E-state index in [2.05, 4.69) is 10.1 Å². The molecule has 0 saturated carbocycles. The van der Waals surface area contributed by atoms with Crippen LogP contribution in [0.1, 0.15) is 36.1 Å². The fourth-order valence-electron chi connectivity index (χ4n) is 3.55. The molecule has 1 N–H and O–H groups in total. The highest BCUT2D eigenvalue weighted by molar-refractivity contribution is 7.12. The molecule has 1 amide bonds. The number of H-pyrrole nitrogens is 1. The van der Waals surface area contributed by atoms with Crippen LogP contribution in [0, 0.1) is 13.8 Å². The zero-order chi connectivity index (χ0) is 19.7. The van der Waals surface area contributed by atoms with Crippen LogP contribution >= 0.6 is 11.3 Å². The van der Waals surface area contributed by atoms with Gasteiger partial charge in [-0.1, -0.05) is 29.8 Å². The van der Waals surface area contributed by atoms with Crippen molar-refractivity contribution in [3.05, 3.63) is 56.8 Å². The van der Waals surface area contributed by atoms with E-state index in [0.29, 0.717) is 10.7 Å². The van der Waals surface area contributed by atoms with Gasteiger partial charge in [0.15, 0.2) is 0 Å². The van der Waals surface area contributed by atoms with Gasteiger partial charge < -0.3 is 4.90 Å². The second-order valence-electron chi connectivity index (χ2n) is 7.36. The average molecular weight is 397 g/mol. The first-order valence-corrected chi connectivity index (χ1v) is 10.5. The summed E-state index contributed by atoms with van der Waals surface area (Å²) < 4.78 is 1.45. The molecule has 3 heterocycles. The van der Waals surface area contributed by atoms with Crippen LogP contribution in [0.25, 0.3) is 16.4 Å². The van der Waals surface area contributed by atoms with E-state index < -0.39 is 0 Å². The molecular formula is C21H24N4O2S. The minimum absolute atomic E-state index is 0.0329. The summed E-state index contributed by atoms with van der Waals surface area (Å²) >= 11 is 1.41. The van der Waals surface area contributed by atoms with E-state index in [1.54, 1.807) is 0 Å². The van der Waals surface area contributed by atoms with Gasteiger partial charge in [0, 0.05) is 35.3 Å². The van der Waals surface area contributed by atoms with Crippen LogP contribution in [0.4, 0.5) is 0 Å². The Hall–Kier alpha value is -2.67. The lowest BCUT2D eigenvalue weighted by Crippen LogP contribution is -2.37. The normalized spacial score (nSPS) is 14.4. The number of benzene rings is 1. The second-order valence-corrected chi connectivity index (χ2v) is 8.19. The first-order chi connectivity index (χ1) is 13.5. The molecule has 0 radical (unpaired) electrons. The molecule has 0 atom stereocenters. The van der Waals surface area contributed by atoms with Gasteiger partial charge in [0.2, 0.25) is 11.0 Å². The molecule has 2 aromatic heterocycles. The largest absolute Gasteiger partial charge is 0.342 e. The van der Waals surface area contributed by atoms with E-state index >= 15 is 0 Å². The van der Waals surface area contributed by atoms with Crippen LogP contribution in [0.3, 0.4) is 0 Å². The fourth-order valence-corrected chi connectivity index (χ4v) is 4.35. The molecule has 1 fully saturated rings. The average Bonchev–Trinajstić information content (AvgIpc) is 3.30. The number of aryl methyl sites for hydroxylation is 2. The Morgan fingerprint density at radius 1 is 1.14 bits per heavy atom. The van der Waals surface area contributed by atoms with E-state index in [-0.39, 0.29) is 17.9 Å². The van der Waals surface area contributed by atoms with Crippen LogP contribution in [0.5, 0.6) is 0 Å². The summed E-state index contributed by atoms with van der Waals surface area (Å²) in [4.78, 5) is 32.0. The minimum Gasteiger partial charge on any atom is -0.342 e. The number of piperidine rings is 1. The van der Waals surface area contributed by atoms with Crippen molar-refractivity contribution in [3.63, 3.8) is 0 Å². The first-order valence-electron chi connectivity index (χ1n) is 9.64. The lowest BCUT2D eigenvalue weighted by Gasteiger charge is -2.26. The number of aromatic nitrogens is 3. The molecule has 1 saturated heterocycles. The predicted molar refractivity (Wildman–Crippen MR) is 111 cm³/mol. The number of hydrogen-bond acceptors (Lipinski definition) is 4. The number of hydrogen-bond donors (Lipinski definition) is 1. The number of thiazole rings is 1. The van der Waals surface area contributed by atoms with Gasteiger partial charge in [-0.25, -0.2) is 4.98 Å². The quantitative estimate of drug-likeness (QED) is 0.734. The van der Waals surface area contributed by atoms with Crippen molar-refractivity contribution in [2.24, 2.45) is 0 Å². The maximum absolute atomic E-state index is 12.9. The maximum atomic E-state index is 12.9. The number of carbonyl (C=O) groups is 1. The smallest absolute Gasteiger partial charge is 0.277 e. The summed E-state index contributed by atoms with van der Waals surface area (Å²) in [6, 6.07) is 8.15. The number of likely N-dealkylation sites (tertiary alicyclic amines) is 1. The van der Waals surface area contributed by atoms with Crippen molar-refractivity contribution in [2.45, 2.75) is 39.5 Å². The molecule has 4 rings (SSSR count). The van der Waals surface area contributed by atoms with Crippen molar-refractivity contribution in [2.75, 3.05) is 13.1 Å². The van der Waals surface area contributed by atoms with Crippen molar-refractivity contribution >= 4 is 17.2 Å². The third kappa shape index (κ3) is 3.67. The Bertz CT molecular complexity index is 1040. The van der Waals surface area contributed by atoms with Crippen LogP contribution < -0.4 is 5.56 Å². The summed E-state index contributed by atoms with van der Waals surface area (Å²) in [7, 11) is 0. The highest BCUT2D eigenvalue weighted by Gasteiger charge is 2.22. The molecule has 0 aliphatic carbocycles. The van der Waals surface area contributed by atoms with Crippen LogP contribution in [-0.2, 0) is 11.2 Å². The lowest BCUT2D eigenvalue weighted by molar-refractivity contribution is -0.131. The number of amides is 1. The summed E-state index contributed by atoms with van der Waals surface area (Å²) in [6.07, 6.45) is 3.41. The Kier molecular flexibility index (Phi) is 5.17. The van der Waals surface area contributed by atoms with Crippen molar-refractivity contribution in [1.29, 1.82) is 0 Å². The summed E-state index contributed by atoms with van der Waals surface area (Å²) in [5, 5.41) is 5.62. The molecule has 0 spiro atoms. The van der Waals surface area contributed by atoms with Gasteiger partial charge in [0.05, 0.1) is 12.1 Å². The Morgan fingerprint density at radius 3 is 2.57 bits per heavy atom. The van der Waals surface area contributed by atoms with E-state index in [4.69, 9.17) is 0 Å².